The number of nitrogens with one attached hydrogen (secondary N) is 1. The molecular formula is C12H16BrNO4S. The molecule has 0 spiro atoms. The molecule has 1 N–H and O–H groups in total. The maximum Gasteiger partial charge on any atom is 0.231 e. The van der Waals surface area contributed by atoms with Crippen LogP contribution in [0, 0.1) is 0 Å². The number of halogens is 1. The maximum absolute atomic E-state index is 11.0. The summed E-state index contributed by atoms with van der Waals surface area (Å²) >= 11 is 3.48. The van der Waals surface area contributed by atoms with E-state index in [0.29, 0.717) is 19.5 Å². The Balaban J connectivity index is 1.83. The average molecular weight is 350 g/mol. The number of hydrogen-bond acceptors (Lipinski definition) is 5. The van der Waals surface area contributed by atoms with Gasteiger partial charge in [0.2, 0.25) is 6.79 Å². The quantitative estimate of drug-likeness (QED) is 0.792. The molecule has 0 bridgehead atoms. The lowest BCUT2D eigenvalue weighted by molar-refractivity contribution is 0.174. The second-order valence-electron chi connectivity index (χ2n) is 4.46. The first-order valence-corrected chi connectivity index (χ1v) is 8.77. The molecule has 1 aliphatic heterocycles. The molecule has 0 amide bonds. The number of rotatable bonds is 6. The highest BCUT2D eigenvalue weighted by Crippen LogP contribution is 2.36. The first-order valence-electron chi connectivity index (χ1n) is 5.92. The predicted octanol–water partition coefficient (Wildman–Crippen LogP) is 1.70. The summed E-state index contributed by atoms with van der Waals surface area (Å²) < 4.78 is 33.5. The Morgan fingerprint density at radius 2 is 2.00 bits per heavy atom. The van der Waals surface area contributed by atoms with Crippen molar-refractivity contribution in [3.63, 3.8) is 0 Å². The van der Waals surface area contributed by atoms with Crippen molar-refractivity contribution >= 4 is 25.8 Å². The normalized spacial score (nSPS) is 13.8. The van der Waals surface area contributed by atoms with Crippen LogP contribution in [0.2, 0.25) is 0 Å². The van der Waals surface area contributed by atoms with Crippen LogP contribution in [0.25, 0.3) is 0 Å². The summed E-state index contributed by atoms with van der Waals surface area (Å²) in [6.07, 6.45) is 1.86. The Kier molecular flexibility index (Phi) is 4.70. The van der Waals surface area contributed by atoms with Gasteiger partial charge in [-0.2, -0.15) is 0 Å². The molecule has 19 heavy (non-hydrogen) atoms. The van der Waals surface area contributed by atoms with Crippen molar-refractivity contribution in [2.75, 3.05) is 25.3 Å². The minimum absolute atomic E-state index is 0.211. The minimum Gasteiger partial charge on any atom is -0.454 e. The van der Waals surface area contributed by atoms with E-state index in [-0.39, 0.29) is 12.5 Å². The number of sulfone groups is 1. The lowest BCUT2D eigenvalue weighted by Gasteiger charge is -2.08. The molecule has 1 aromatic carbocycles. The zero-order chi connectivity index (χ0) is 13.9. The molecule has 0 saturated carbocycles. The van der Waals surface area contributed by atoms with E-state index in [2.05, 4.69) is 21.2 Å². The fourth-order valence-electron chi connectivity index (χ4n) is 1.78. The SMILES string of the molecule is CS(=O)(=O)CCCNCc1cc2c(cc1Br)OCO2. The van der Waals surface area contributed by atoms with Crippen LogP contribution in [-0.2, 0) is 16.4 Å². The second kappa shape index (κ2) is 6.11. The molecule has 0 aliphatic carbocycles. The summed E-state index contributed by atoms with van der Waals surface area (Å²) in [6.45, 7) is 1.57. The Morgan fingerprint density at radius 1 is 1.32 bits per heavy atom. The van der Waals surface area contributed by atoms with Gasteiger partial charge in [0.1, 0.15) is 9.84 Å². The molecule has 1 aromatic rings. The van der Waals surface area contributed by atoms with Crippen LogP contribution < -0.4 is 14.8 Å². The highest BCUT2D eigenvalue weighted by molar-refractivity contribution is 9.10. The molecular weight excluding hydrogens is 334 g/mol. The predicted molar refractivity (Wildman–Crippen MR) is 76.3 cm³/mol. The van der Waals surface area contributed by atoms with Crippen LogP contribution in [0.4, 0.5) is 0 Å². The van der Waals surface area contributed by atoms with E-state index in [1.54, 1.807) is 0 Å². The topological polar surface area (TPSA) is 64.6 Å². The summed E-state index contributed by atoms with van der Waals surface area (Å²) in [5.74, 6) is 1.70. The molecule has 7 heteroatoms. The molecule has 0 aromatic heterocycles. The van der Waals surface area contributed by atoms with Crippen molar-refractivity contribution in [1.82, 2.24) is 5.32 Å². The molecule has 0 unspecified atom stereocenters. The third-order valence-corrected chi connectivity index (χ3v) is 4.49. The molecule has 106 valence electrons. The van der Waals surface area contributed by atoms with Gasteiger partial charge in [-0.1, -0.05) is 15.9 Å². The summed E-state index contributed by atoms with van der Waals surface area (Å²) in [4.78, 5) is 0. The summed E-state index contributed by atoms with van der Waals surface area (Å²) in [5.41, 5.74) is 1.06. The number of fused-ring (bicyclic) bond motifs is 1. The lowest BCUT2D eigenvalue weighted by atomic mass is 10.2. The highest BCUT2D eigenvalue weighted by atomic mass is 79.9. The van der Waals surface area contributed by atoms with Crippen LogP contribution >= 0.6 is 15.9 Å². The van der Waals surface area contributed by atoms with Gasteiger partial charge in [-0.3, -0.25) is 0 Å². The summed E-state index contributed by atoms with van der Waals surface area (Å²) in [5, 5.41) is 3.22. The van der Waals surface area contributed by atoms with Crippen molar-refractivity contribution in [2.45, 2.75) is 13.0 Å². The van der Waals surface area contributed by atoms with Crippen LogP contribution in [0.15, 0.2) is 16.6 Å². The Labute approximate surface area is 121 Å². The van der Waals surface area contributed by atoms with Crippen molar-refractivity contribution in [3.05, 3.63) is 22.2 Å². The van der Waals surface area contributed by atoms with Gasteiger partial charge in [-0.25, -0.2) is 8.42 Å². The molecule has 1 heterocycles. The number of ether oxygens (including phenoxy) is 2. The average Bonchev–Trinajstić information content (AvgIpc) is 2.74. The van der Waals surface area contributed by atoms with Crippen molar-refractivity contribution < 1.29 is 17.9 Å². The minimum atomic E-state index is -2.87. The zero-order valence-electron chi connectivity index (χ0n) is 10.6. The Morgan fingerprint density at radius 3 is 2.68 bits per heavy atom. The van der Waals surface area contributed by atoms with Gasteiger partial charge >= 0.3 is 0 Å². The monoisotopic (exact) mass is 349 g/mol. The van der Waals surface area contributed by atoms with Gasteiger partial charge in [0.25, 0.3) is 0 Å². The fourth-order valence-corrected chi connectivity index (χ4v) is 2.91. The highest BCUT2D eigenvalue weighted by Gasteiger charge is 2.15. The molecule has 0 atom stereocenters. The van der Waals surface area contributed by atoms with Crippen molar-refractivity contribution in [3.8, 4) is 11.5 Å². The molecule has 0 radical (unpaired) electrons. The largest absolute Gasteiger partial charge is 0.454 e. The smallest absolute Gasteiger partial charge is 0.231 e. The van der Waals surface area contributed by atoms with E-state index in [1.807, 2.05) is 12.1 Å². The standard InChI is InChI=1S/C12H16BrNO4S/c1-19(15,16)4-2-3-14-7-9-5-11-12(6-10(9)13)18-8-17-11/h5-6,14H,2-4,7-8H2,1H3. The Bertz CT molecular complexity index is 559. The van der Waals surface area contributed by atoms with Crippen LogP contribution in [0.5, 0.6) is 11.5 Å². The van der Waals surface area contributed by atoms with Gasteiger partial charge in [0, 0.05) is 17.3 Å². The van der Waals surface area contributed by atoms with E-state index < -0.39 is 9.84 Å². The van der Waals surface area contributed by atoms with Gasteiger partial charge < -0.3 is 14.8 Å². The van der Waals surface area contributed by atoms with Crippen molar-refractivity contribution in [2.24, 2.45) is 0 Å². The van der Waals surface area contributed by atoms with Crippen molar-refractivity contribution in [1.29, 1.82) is 0 Å². The molecule has 5 nitrogen and oxygen atoms in total. The van der Waals surface area contributed by atoms with E-state index >= 15 is 0 Å². The third-order valence-electron chi connectivity index (χ3n) is 2.73. The van der Waals surface area contributed by atoms with E-state index in [4.69, 9.17) is 9.47 Å². The summed E-state index contributed by atoms with van der Waals surface area (Å²) in [6, 6.07) is 3.81. The van der Waals surface area contributed by atoms with Crippen LogP contribution in [0.3, 0.4) is 0 Å². The Hall–Kier alpha value is -0.790. The van der Waals surface area contributed by atoms with Gasteiger partial charge in [0.15, 0.2) is 11.5 Å². The lowest BCUT2D eigenvalue weighted by Crippen LogP contribution is -2.18. The van der Waals surface area contributed by atoms with E-state index in [9.17, 15) is 8.42 Å². The molecule has 0 fully saturated rings. The molecule has 1 aliphatic rings. The fraction of sp³-hybridized carbons (Fsp3) is 0.500. The van der Waals surface area contributed by atoms with Crippen LogP contribution in [0.1, 0.15) is 12.0 Å². The number of benzene rings is 1. The second-order valence-corrected chi connectivity index (χ2v) is 7.57. The molecule has 0 saturated heterocycles. The van der Waals surface area contributed by atoms with Gasteiger partial charge in [-0.15, -0.1) is 0 Å². The third kappa shape index (κ3) is 4.36. The zero-order valence-corrected chi connectivity index (χ0v) is 13.0. The summed E-state index contributed by atoms with van der Waals surface area (Å²) in [7, 11) is -2.87. The van der Waals surface area contributed by atoms with Gasteiger partial charge in [0.05, 0.1) is 5.75 Å². The molecule has 2 rings (SSSR count). The first kappa shape index (κ1) is 14.6. The van der Waals surface area contributed by atoms with Gasteiger partial charge in [-0.05, 0) is 30.7 Å². The van der Waals surface area contributed by atoms with Crippen LogP contribution in [-0.4, -0.2) is 33.8 Å². The maximum atomic E-state index is 11.0. The van der Waals surface area contributed by atoms with E-state index in [0.717, 1.165) is 21.5 Å². The first-order chi connectivity index (χ1) is 8.96. The number of hydrogen-bond donors (Lipinski definition) is 1. The van der Waals surface area contributed by atoms with E-state index in [1.165, 1.54) is 6.26 Å².